The Hall–Kier alpha value is -1.00. The van der Waals surface area contributed by atoms with Gasteiger partial charge in [-0.2, -0.15) is 0 Å². The Morgan fingerprint density at radius 1 is 1.26 bits per heavy atom. The van der Waals surface area contributed by atoms with E-state index in [1.807, 2.05) is 27.7 Å². The summed E-state index contributed by atoms with van der Waals surface area (Å²) in [4.78, 5) is 0. The molecule has 0 bridgehead atoms. The van der Waals surface area contributed by atoms with Gasteiger partial charge in [0.15, 0.2) is 11.6 Å². The molecule has 4 heteroatoms. The zero-order valence-electron chi connectivity index (χ0n) is 12.3. The van der Waals surface area contributed by atoms with E-state index < -0.39 is 11.6 Å². The summed E-state index contributed by atoms with van der Waals surface area (Å²) in [5.41, 5.74) is 0.115. The number of halogens is 2. The van der Waals surface area contributed by atoms with Crippen molar-refractivity contribution < 1.29 is 13.5 Å². The first kappa shape index (κ1) is 16.1. The zero-order chi connectivity index (χ0) is 14.6. The van der Waals surface area contributed by atoms with Gasteiger partial charge in [0.1, 0.15) is 0 Å². The average molecular weight is 271 g/mol. The number of rotatable bonds is 5. The highest BCUT2D eigenvalue weighted by Crippen LogP contribution is 2.33. The van der Waals surface area contributed by atoms with Gasteiger partial charge in [0, 0.05) is 12.7 Å². The van der Waals surface area contributed by atoms with Crippen molar-refractivity contribution in [1.29, 1.82) is 0 Å². The summed E-state index contributed by atoms with van der Waals surface area (Å²) in [5, 5.41) is 3.19. The van der Waals surface area contributed by atoms with Crippen molar-refractivity contribution in [3.8, 4) is 0 Å². The molecule has 0 aliphatic heterocycles. The Labute approximate surface area is 114 Å². The minimum Gasteiger partial charge on any atom is -0.379 e. The first-order valence-electron chi connectivity index (χ1n) is 6.53. The Morgan fingerprint density at radius 2 is 1.89 bits per heavy atom. The number of nitrogens with one attached hydrogen (secondary N) is 1. The molecule has 0 fully saturated rings. The second-order valence-corrected chi connectivity index (χ2v) is 5.70. The third-order valence-corrected chi connectivity index (χ3v) is 3.15. The topological polar surface area (TPSA) is 21.3 Å². The summed E-state index contributed by atoms with van der Waals surface area (Å²) in [6.07, 6.45) is -0.260. The fraction of sp³-hybridized carbons (Fsp3) is 0.600. The summed E-state index contributed by atoms with van der Waals surface area (Å²) in [5.74, 6) is -1.64. The van der Waals surface area contributed by atoms with E-state index in [1.54, 1.807) is 13.2 Å². The molecule has 2 nitrogen and oxygen atoms in total. The second-order valence-electron chi connectivity index (χ2n) is 5.70. The van der Waals surface area contributed by atoms with Gasteiger partial charge in [-0.1, -0.05) is 39.8 Å². The second kappa shape index (κ2) is 6.44. The lowest BCUT2D eigenvalue weighted by Gasteiger charge is -2.36. The number of methoxy groups -OCH3 is 1. The fourth-order valence-electron chi connectivity index (χ4n) is 2.35. The fourth-order valence-corrected chi connectivity index (χ4v) is 2.35. The highest BCUT2D eigenvalue weighted by atomic mass is 19.2. The molecule has 2 atom stereocenters. The maximum atomic E-state index is 14.0. The molecule has 1 aromatic carbocycles. The van der Waals surface area contributed by atoms with Crippen LogP contribution in [-0.4, -0.2) is 19.8 Å². The maximum absolute atomic E-state index is 14.0. The van der Waals surface area contributed by atoms with Gasteiger partial charge in [-0.05, 0) is 18.0 Å². The predicted molar refractivity (Wildman–Crippen MR) is 73.0 cm³/mol. The van der Waals surface area contributed by atoms with E-state index in [9.17, 15) is 8.78 Å². The standard InChI is InChI=1S/C15H23F2NO/c1-6-18-13(14(19-5)15(2,3)4)10-8-7-9-11(16)12(10)17/h7-9,13-14,18H,6H2,1-5H3. The highest BCUT2D eigenvalue weighted by Gasteiger charge is 2.34. The van der Waals surface area contributed by atoms with Crippen LogP contribution in [0.5, 0.6) is 0 Å². The van der Waals surface area contributed by atoms with Crippen LogP contribution in [0.25, 0.3) is 0 Å². The molecular formula is C15H23F2NO. The molecule has 108 valence electrons. The first-order valence-corrected chi connectivity index (χ1v) is 6.53. The molecule has 1 rings (SSSR count). The molecule has 0 saturated heterocycles. The van der Waals surface area contributed by atoms with Crippen molar-refractivity contribution in [2.24, 2.45) is 5.41 Å². The molecule has 0 aliphatic carbocycles. The number of hydrogen-bond donors (Lipinski definition) is 1. The lowest BCUT2D eigenvalue weighted by atomic mass is 9.81. The van der Waals surface area contributed by atoms with Gasteiger partial charge in [0.25, 0.3) is 0 Å². The smallest absolute Gasteiger partial charge is 0.163 e. The number of ether oxygens (including phenoxy) is 1. The molecule has 2 unspecified atom stereocenters. The van der Waals surface area contributed by atoms with E-state index in [4.69, 9.17) is 4.74 Å². The van der Waals surface area contributed by atoms with Crippen LogP contribution in [0.1, 0.15) is 39.3 Å². The predicted octanol–water partition coefficient (Wildman–Crippen LogP) is 3.68. The SMILES string of the molecule is CCNC(c1cccc(F)c1F)C(OC)C(C)(C)C. The van der Waals surface area contributed by atoms with Gasteiger partial charge >= 0.3 is 0 Å². The van der Waals surface area contributed by atoms with Gasteiger partial charge in [0.05, 0.1) is 12.1 Å². The lowest BCUT2D eigenvalue weighted by molar-refractivity contribution is -0.0125. The van der Waals surface area contributed by atoms with Crippen molar-refractivity contribution in [2.75, 3.05) is 13.7 Å². The normalized spacial score (nSPS) is 15.3. The van der Waals surface area contributed by atoms with E-state index in [0.717, 1.165) is 6.07 Å². The van der Waals surface area contributed by atoms with Crippen LogP contribution < -0.4 is 5.32 Å². The summed E-state index contributed by atoms with van der Waals surface area (Å²) in [7, 11) is 1.59. The van der Waals surface area contributed by atoms with Gasteiger partial charge in [-0.15, -0.1) is 0 Å². The van der Waals surface area contributed by atoms with Crippen LogP contribution in [-0.2, 0) is 4.74 Å². The number of benzene rings is 1. The van der Waals surface area contributed by atoms with Crippen molar-refractivity contribution in [1.82, 2.24) is 5.32 Å². The Morgan fingerprint density at radius 3 is 2.37 bits per heavy atom. The van der Waals surface area contributed by atoms with E-state index in [-0.39, 0.29) is 17.6 Å². The van der Waals surface area contributed by atoms with E-state index in [1.165, 1.54) is 6.07 Å². The van der Waals surface area contributed by atoms with Crippen LogP contribution in [0.4, 0.5) is 8.78 Å². The van der Waals surface area contributed by atoms with Crippen molar-refractivity contribution in [2.45, 2.75) is 39.8 Å². The molecule has 0 radical (unpaired) electrons. The summed E-state index contributed by atoms with van der Waals surface area (Å²) in [6, 6.07) is 3.86. The minimum absolute atomic E-state index is 0.194. The molecule has 0 spiro atoms. The van der Waals surface area contributed by atoms with Gasteiger partial charge in [0.2, 0.25) is 0 Å². The number of likely N-dealkylation sites (N-methyl/N-ethyl adjacent to an activating group) is 1. The summed E-state index contributed by atoms with van der Waals surface area (Å²) in [6.45, 7) is 8.63. The third kappa shape index (κ3) is 3.74. The van der Waals surface area contributed by atoms with Crippen LogP contribution in [0.2, 0.25) is 0 Å². The molecule has 1 N–H and O–H groups in total. The van der Waals surface area contributed by atoms with E-state index in [2.05, 4.69) is 5.32 Å². The molecule has 19 heavy (non-hydrogen) atoms. The third-order valence-electron chi connectivity index (χ3n) is 3.15. The molecule has 0 aromatic heterocycles. The van der Waals surface area contributed by atoms with Gasteiger partial charge in [-0.25, -0.2) is 8.78 Å². The molecule has 0 amide bonds. The average Bonchev–Trinajstić information content (AvgIpc) is 2.31. The summed E-state index contributed by atoms with van der Waals surface area (Å²) >= 11 is 0. The van der Waals surface area contributed by atoms with Crippen LogP contribution in [0, 0.1) is 17.0 Å². The Balaban J connectivity index is 3.23. The maximum Gasteiger partial charge on any atom is 0.163 e. The minimum atomic E-state index is -0.829. The molecule has 0 saturated carbocycles. The molecule has 0 aliphatic rings. The summed E-state index contributed by atoms with van der Waals surface area (Å²) < 4.78 is 32.9. The van der Waals surface area contributed by atoms with Crippen LogP contribution in [0.15, 0.2) is 18.2 Å². The van der Waals surface area contributed by atoms with Gasteiger partial charge in [-0.3, -0.25) is 0 Å². The monoisotopic (exact) mass is 271 g/mol. The van der Waals surface area contributed by atoms with Crippen LogP contribution in [0.3, 0.4) is 0 Å². The van der Waals surface area contributed by atoms with E-state index >= 15 is 0 Å². The molecular weight excluding hydrogens is 248 g/mol. The Kier molecular flexibility index (Phi) is 5.44. The quantitative estimate of drug-likeness (QED) is 0.882. The molecule has 0 heterocycles. The van der Waals surface area contributed by atoms with Gasteiger partial charge < -0.3 is 10.1 Å². The van der Waals surface area contributed by atoms with Crippen molar-refractivity contribution >= 4 is 0 Å². The van der Waals surface area contributed by atoms with Crippen LogP contribution >= 0.6 is 0 Å². The highest BCUT2D eigenvalue weighted by molar-refractivity contribution is 5.24. The van der Waals surface area contributed by atoms with Crippen molar-refractivity contribution in [3.63, 3.8) is 0 Å². The zero-order valence-corrected chi connectivity index (χ0v) is 12.3. The number of hydrogen-bond acceptors (Lipinski definition) is 2. The van der Waals surface area contributed by atoms with E-state index in [0.29, 0.717) is 12.1 Å². The molecule has 1 aromatic rings. The Bertz CT molecular complexity index is 415. The van der Waals surface area contributed by atoms with Crippen molar-refractivity contribution in [3.05, 3.63) is 35.4 Å². The lowest BCUT2D eigenvalue weighted by Crippen LogP contribution is -2.42. The first-order chi connectivity index (χ1) is 8.82. The largest absolute Gasteiger partial charge is 0.379 e.